The standard InChI is InChI=1S/C13H17BrFNO2/c1-18-13-11(17)7-10(15)9(12(13)14)6-8-2-4-16-5-3-8/h7-8,16-17H,2-6H2,1H3. The van der Waals surface area contributed by atoms with Crippen molar-refractivity contribution in [3.05, 3.63) is 21.9 Å². The second-order valence-electron chi connectivity index (χ2n) is 4.60. The fourth-order valence-electron chi connectivity index (χ4n) is 2.38. The number of benzene rings is 1. The minimum atomic E-state index is -0.376. The smallest absolute Gasteiger partial charge is 0.175 e. The molecule has 0 aromatic heterocycles. The molecule has 1 aromatic rings. The zero-order valence-corrected chi connectivity index (χ0v) is 11.9. The Hall–Kier alpha value is -0.810. The third kappa shape index (κ3) is 2.78. The number of halogens is 2. The Morgan fingerprint density at radius 3 is 2.78 bits per heavy atom. The Kier molecular flexibility index (Phi) is 4.45. The fraction of sp³-hybridized carbons (Fsp3) is 0.538. The monoisotopic (exact) mass is 317 g/mol. The predicted octanol–water partition coefficient (Wildman–Crippen LogP) is 2.84. The van der Waals surface area contributed by atoms with Crippen LogP contribution in [-0.2, 0) is 6.42 Å². The van der Waals surface area contributed by atoms with Crippen LogP contribution < -0.4 is 10.1 Å². The van der Waals surface area contributed by atoms with Gasteiger partial charge in [0.1, 0.15) is 5.82 Å². The highest BCUT2D eigenvalue weighted by Crippen LogP contribution is 2.40. The van der Waals surface area contributed by atoms with Crippen LogP contribution >= 0.6 is 15.9 Å². The number of nitrogens with one attached hydrogen (secondary N) is 1. The second kappa shape index (κ2) is 5.89. The van der Waals surface area contributed by atoms with E-state index in [9.17, 15) is 9.50 Å². The van der Waals surface area contributed by atoms with Crippen molar-refractivity contribution in [2.24, 2.45) is 5.92 Å². The van der Waals surface area contributed by atoms with E-state index in [1.807, 2.05) is 0 Å². The molecule has 1 aliphatic rings. The molecular formula is C13H17BrFNO2. The van der Waals surface area contributed by atoms with E-state index in [2.05, 4.69) is 21.2 Å². The van der Waals surface area contributed by atoms with Crippen LogP contribution in [0.1, 0.15) is 18.4 Å². The van der Waals surface area contributed by atoms with Crippen molar-refractivity contribution in [2.45, 2.75) is 19.3 Å². The lowest BCUT2D eigenvalue weighted by Gasteiger charge is -2.23. The van der Waals surface area contributed by atoms with Crippen LogP contribution in [0.5, 0.6) is 11.5 Å². The average molecular weight is 318 g/mol. The summed E-state index contributed by atoms with van der Waals surface area (Å²) < 4.78 is 19.5. The van der Waals surface area contributed by atoms with Gasteiger partial charge in [0.05, 0.1) is 11.6 Å². The Labute approximate surface area is 114 Å². The highest BCUT2D eigenvalue weighted by atomic mass is 79.9. The first-order chi connectivity index (χ1) is 8.63. The summed E-state index contributed by atoms with van der Waals surface area (Å²) in [5.74, 6) is 0.237. The van der Waals surface area contributed by atoms with Gasteiger partial charge in [-0.3, -0.25) is 0 Å². The minimum absolute atomic E-state index is 0.170. The van der Waals surface area contributed by atoms with Gasteiger partial charge >= 0.3 is 0 Å². The minimum Gasteiger partial charge on any atom is -0.504 e. The molecule has 0 radical (unpaired) electrons. The first-order valence-corrected chi connectivity index (χ1v) is 6.87. The largest absolute Gasteiger partial charge is 0.504 e. The quantitative estimate of drug-likeness (QED) is 0.900. The number of piperidine rings is 1. The van der Waals surface area contributed by atoms with Crippen LogP contribution in [-0.4, -0.2) is 25.3 Å². The van der Waals surface area contributed by atoms with Gasteiger partial charge in [0.15, 0.2) is 11.5 Å². The van der Waals surface area contributed by atoms with Gasteiger partial charge in [0.2, 0.25) is 0 Å². The van der Waals surface area contributed by atoms with Gasteiger partial charge in [-0.1, -0.05) is 0 Å². The SMILES string of the molecule is COc1c(O)cc(F)c(CC2CCNCC2)c1Br. The molecule has 1 heterocycles. The molecule has 18 heavy (non-hydrogen) atoms. The van der Waals surface area contributed by atoms with E-state index in [4.69, 9.17) is 4.74 Å². The summed E-state index contributed by atoms with van der Waals surface area (Å²) in [6.07, 6.45) is 2.77. The summed E-state index contributed by atoms with van der Waals surface area (Å²) in [4.78, 5) is 0. The lowest BCUT2D eigenvalue weighted by atomic mass is 9.90. The van der Waals surface area contributed by atoms with Crippen LogP contribution in [0.25, 0.3) is 0 Å². The van der Waals surface area contributed by atoms with Gasteiger partial charge in [-0.25, -0.2) is 4.39 Å². The van der Waals surface area contributed by atoms with Crippen LogP contribution in [0.2, 0.25) is 0 Å². The lowest BCUT2D eigenvalue weighted by molar-refractivity contribution is 0.355. The molecule has 1 fully saturated rings. The molecule has 0 bridgehead atoms. The molecule has 0 spiro atoms. The topological polar surface area (TPSA) is 41.5 Å². The number of hydrogen-bond donors (Lipinski definition) is 2. The molecule has 1 saturated heterocycles. The summed E-state index contributed by atoms with van der Waals surface area (Å²) >= 11 is 3.33. The molecule has 2 rings (SSSR count). The van der Waals surface area contributed by atoms with Crippen LogP contribution in [0.3, 0.4) is 0 Å². The van der Waals surface area contributed by atoms with Gasteiger partial charge in [-0.2, -0.15) is 0 Å². The van der Waals surface area contributed by atoms with E-state index in [0.717, 1.165) is 32.0 Å². The summed E-state index contributed by atoms with van der Waals surface area (Å²) in [6.45, 7) is 1.97. The predicted molar refractivity (Wildman–Crippen MR) is 71.6 cm³/mol. The maximum absolute atomic E-state index is 13.9. The van der Waals surface area contributed by atoms with E-state index in [1.165, 1.54) is 7.11 Å². The van der Waals surface area contributed by atoms with Gasteiger partial charge in [-0.15, -0.1) is 0 Å². The Morgan fingerprint density at radius 2 is 2.17 bits per heavy atom. The first-order valence-electron chi connectivity index (χ1n) is 6.08. The number of phenolic OH excluding ortho intramolecular Hbond substituents is 1. The highest BCUT2D eigenvalue weighted by Gasteiger charge is 2.21. The summed E-state index contributed by atoms with van der Waals surface area (Å²) in [7, 11) is 1.46. The second-order valence-corrected chi connectivity index (χ2v) is 5.39. The molecule has 100 valence electrons. The molecular weight excluding hydrogens is 301 g/mol. The number of phenols is 1. The zero-order chi connectivity index (χ0) is 13.1. The number of rotatable bonds is 3. The number of hydrogen-bond acceptors (Lipinski definition) is 3. The molecule has 0 atom stereocenters. The Balaban J connectivity index is 2.26. The summed E-state index contributed by atoms with van der Waals surface area (Å²) in [5, 5.41) is 12.9. The van der Waals surface area contributed by atoms with Gasteiger partial charge in [-0.05, 0) is 54.2 Å². The first kappa shape index (κ1) is 13.6. The van der Waals surface area contributed by atoms with Gasteiger partial charge in [0, 0.05) is 11.6 Å². The van der Waals surface area contributed by atoms with E-state index in [0.29, 0.717) is 28.1 Å². The molecule has 1 aliphatic heterocycles. The van der Waals surface area contributed by atoms with E-state index < -0.39 is 0 Å². The summed E-state index contributed by atoms with van der Waals surface area (Å²) in [5.41, 5.74) is 0.594. The van der Waals surface area contributed by atoms with Crippen molar-refractivity contribution in [3.8, 4) is 11.5 Å². The maximum atomic E-state index is 13.9. The molecule has 0 unspecified atom stereocenters. The van der Waals surface area contributed by atoms with Crippen molar-refractivity contribution < 1.29 is 14.2 Å². The third-order valence-electron chi connectivity index (χ3n) is 3.40. The zero-order valence-electron chi connectivity index (χ0n) is 10.3. The molecule has 5 heteroatoms. The van der Waals surface area contributed by atoms with Crippen LogP contribution in [0.4, 0.5) is 4.39 Å². The van der Waals surface area contributed by atoms with Crippen LogP contribution in [0.15, 0.2) is 10.5 Å². The third-order valence-corrected chi connectivity index (χ3v) is 4.24. The molecule has 0 amide bonds. The lowest BCUT2D eigenvalue weighted by Crippen LogP contribution is -2.28. The number of ether oxygens (including phenoxy) is 1. The Bertz CT molecular complexity index is 433. The molecule has 2 N–H and O–H groups in total. The molecule has 3 nitrogen and oxygen atoms in total. The molecule has 0 aliphatic carbocycles. The van der Waals surface area contributed by atoms with Crippen molar-refractivity contribution in [1.82, 2.24) is 5.32 Å². The maximum Gasteiger partial charge on any atom is 0.175 e. The van der Waals surface area contributed by atoms with Crippen molar-refractivity contribution in [2.75, 3.05) is 20.2 Å². The van der Waals surface area contributed by atoms with Crippen LogP contribution in [0, 0.1) is 11.7 Å². The van der Waals surface area contributed by atoms with Gasteiger partial charge in [0.25, 0.3) is 0 Å². The normalized spacial score (nSPS) is 16.8. The molecule has 0 saturated carbocycles. The number of aromatic hydroxyl groups is 1. The van der Waals surface area contributed by atoms with E-state index in [-0.39, 0.29) is 11.6 Å². The fourth-order valence-corrected chi connectivity index (χ4v) is 3.10. The Morgan fingerprint density at radius 1 is 1.50 bits per heavy atom. The van der Waals surface area contributed by atoms with Crippen molar-refractivity contribution in [1.29, 1.82) is 0 Å². The van der Waals surface area contributed by atoms with Crippen molar-refractivity contribution in [3.63, 3.8) is 0 Å². The van der Waals surface area contributed by atoms with Gasteiger partial charge < -0.3 is 15.2 Å². The number of methoxy groups -OCH3 is 1. The average Bonchev–Trinajstić information content (AvgIpc) is 2.36. The summed E-state index contributed by atoms with van der Waals surface area (Å²) in [6, 6.07) is 1.13. The highest BCUT2D eigenvalue weighted by molar-refractivity contribution is 9.10. The van der Waals surface area contributed by atoms with E-state index in [1.54, 1.807) is 0 Å². The van der Waals surface area contributed by atoms with Crippen molar-refractivity contribution >= 4 is 15.9 Å². The molecule has 1 aromatic carbocycles. The van der Waals surface area contributed by atoms with E-state index >= 15 is 0 Å².